The molecule has 0 bridgehead atoms. The minimum Gasteiger partial charge on any atom is -0.355 e. The molecule has 4 atom stereocenters. The third-order valence-corrected chi connectivity index (χ3v) is 6.63. The van der Waals surface area contributed by atoms with Gasteiger partial charge in [0, 0.05) is 44.2 Å². The van der Waals surface area contributed by atoms with E-state index in [0.29, 0.717) is 19.5 Å². The normalized spacial score (nSPS) is 29.1. The summed E-state index contributed by atoms with van der Waals surface area (Å²) in [5.41, 5.74) is 4.18. The lowest BCUT2D eigenvalue weighted by atomic mass is 9.78. The smallest absolute Gasteiger partial charge is 0.242 e. The van der Waals surface area contributed by atoms with Crippen LogP contribution in [0.25, 0.3) is 0 Å². The summed E-state index contributed by atoms with van der Waals surface area (Å²) in [5.74, 6) is -0.237. The topological polar surface area (TPSA) is 67.9 Å². The first-order valence-electron chi connectivity index (χ1n) is 10.9. The van der Waals surface area contributed by atoms with Crippen molar-refractivity contribution in [1.82, 2.24) is 25.6 Å². The van der Waals surface area contributed by atoms with Crippen molar-refractivity contribution in [2.75, 3.05) is 33.7 Å². The fourth-order valence-corrected chi connectivity index (χ4v) is 5.13. The van der Waals surface area contributed by atoms with Crippen molar-refractivity contribution in [3.8, 4) is 0 Å². The lowest BCUT2D eigenvalue weighted by Crippen LogP contribution is -2.68. The first-order valence-corrected chi connectivity index (χ1v) is 10.9. The molecule has 1 saturated carbocycles. The van der Waals surface area contributed by atoms with Gasteiger partial charge >= 0.3 is 0 Å². The van der Waals surface area contributed by atoms with Crippen LogP contribution < -0.4 is 10.7 Å². The fraction of sp³-hybridized carbons (Fsp3) is 0.636. The summed E-state index contributed by atoms with van der Waals surface area (Å²) in [7, 11) is 3.96. The summed E-state index contributed by atoms with van der Waals surface area (Å²) >= 11 is 0. The molecule has 3 aliphatic rings. The second-order valence-electron chi connectivity index (χ2n) is 8.95. The number of rotatable bonds is 6. The predicted octanol–water partition coefficient (Wildman–Crippen LogP) is 0.962. The number of hydrogen-bond donors (Lipinski definition) is 2. The molecule has 164 valence electrons. The van der Waals surface area contributed by atoms with E-state index in [0.717, 1.165) is 37.9 Å². The van der Waals surface area contributed by atoms with E-state index in [1.807, 2.05) is 30.0 Å². The van der Waals surface area contributed by atoms with Gasteiger partial charge in [-0.15, -0.1) is 0 Å². The highest BCUT2D eigenvalue weighted by Gasteiger charge is 2.51. The van der Waals surface area contributed by atoms with Crippen LogP contribution in [0.2, 0.25) is 0 Å². The van der Waals surface area contributed by atoms with E-state index in [1.165, 1.54) is 12.1 Å². The second kappa shape index (κ2) is 8.99. The molecule has 1 aromatic carbocycles. The molecular formula is C22H32FN5O2. The Morgan fingerprint density at radius 3 is 2.87 bits per heavy atom. The summed E-state index contributed by atoms with van der Waals surface area (Å²) in [4.78, 5) is 30.0. The number of benzene rings is 1. The van der Waals surface area contributed by atoms with Gasteiger partial charge in [0.25, 0.3) is 0 Å². The Balaban J connectivity index is 1.51. The molecule has 0 spiro atoms. The van der Waals surface area contributed by atoms with E-state index in [4.69, 9.17) is 0 Å². The van der Waals surface area contributed by atoms with Gasteiger partial charge in [-0.05, 0) is 57.5 Å². The van der Waals surface area contributed by atoms with Gasteiger partial charge in [-0.1, -0.05) is 12.1 Å². The Morgan fingerprint density at radius 2 is 2.10 bits per heavy atom. The van der Waals surface area contributed by atoms with Gasteiger partial charge in [0.2, 0.25) is 11.8 Å². The minimum absolute atomic E-state index is 0.0547. The van der Waals surface area contributed by atoms with Crippen molar-refractivity contribution in [3.05, 3.63) is 35.6 Å². The van der Waals surface area contributed by atoms with E-state index >= 15 is 0 Å². The maximum Gasteiger partial charge on any atom is 0.242 e. The van der Waals surface area contributed by atoms with E-state index in [-0.39, 0.29) is 41.7 Å². The number of nitrogens with zero attached hydrogens (tertiary/aromatic N) is 3. The average molecular weight is 418 g/mol. The number of likely N-dealkylation sites (N-methyl/N-ethyl adjacent to an activating group) is 1. The molecule has 4 unspecified atom stereocenters. The highest BCUT2D eigenvalue weighted by molar-refractivity contribution is 5.84. The molecule has 2 aliphatic heterocycles. The molecule has 0 radical (unpaired) electrons. The molecule has 0 aromatic heterocycles. The molecule has 4 rings (SSSR count). The van der Waals surface area contributed by atoms with Crippen LogP contribution >= 0.6 is 0 Å². The van der Waals surface area contributed by atoms with E-state index in [9.17, 15) is 14.0 Å². The number of piperazine rings is 1. The van der Waals surface area contributed by atoms with E-state index < -0.39 is 0 Å². The number of halogens is 1. The molecule has 8 heteroatoms. The number of amides is 2. The maximum atomic E-state index is 13.7. The number of hydrazine groups is 1. The minimum atomic E-state index is -0.292. The lowest BCUT2D eigenvalue weighted by Gasteiger charge is -2.51. The SMILES string of the molecule is CN(C)CCNC(=O)C1CCC2C(C1)N(Cc1cccc(F)c1)C(=O)C1CCNN12. The standard InChI is InChI=1S/C22H32FN5O2/c1-26(2)11-10-24-21(29)16-6-7-18-20(13-16)27(14-15-4-3-5-17(23)12-15)22(30)19-8-9-25-28(18)19/h3-5,12,16,18-20,25H,6-11,13-14H2,1-2H3,(H,24,29). The van der Waals surface area contributed by atoms with Crippen molar-refractivity contribution in [2.24, 2.45) is 5.92 Å². The Kier molecular flexibility index (Phi) is 6.36. The van der Waals surface area contributed by atoms with Gasteiger partial charge in [0.1, 0.15) is 11.9 Å². The quantitative estimate of drug-likeness (QED) is 0.722. The lowest BCUT2D eigenvalue weighted by molar-refractivity contribution is -0.157. The number of nitrogens with one attached hydrogen (secondary N) is 2. The largest absolute Gasteiger partial charge is 0.355 e. The van der Waals surface area contributed by atoms with Gasteiger partial charge in [-0.3, -0.25) is 15.0 Å². The van der Waals surface area contributed by atoms with Gasteiger partial charge in [-0.25, -0.2) is 9.40 Å². The molecule has 7 nitrogen and oxygen atoms in total. The molecule has 1 aromatic rings. The Bertz CT molecular complexity index is 789. The van der Waals surface area contributed by atoms with Crippen LogP contribution in [0.4, 0.5) is 4.39 Å². The molecule has 2 amide bonds. The van der Waals surface area contributed by atoms with Crippen molar-refractivity contribution in [2.45, 2.75) is 50.4 Å². The first kappa shape index (κ1) is 21.2. The highest BCUT2D eigenvalue weighted by atomic mass is 19.1. The van der Waals surface area contributed by atoms with Crippen LogP contribution in [0.5, 0.6) is 0 Å². The Labute approximate surface area is 177 Å². The van der Waals surface area contributed by atoms with Gasteiger partial charge < -0.3 is 15.1 Å². The van der Waals surface area contributed by atoms with Crippen molar-refractivity contribution >= 4 is 11.8 Å². The van der Waals surface area contributed by atoms with E-state index in [1.54, 1.807) is 6.07 Å². The first-order chi connectivity index (χ1) is 14.4. The van der Waals surface area contributed by atoms with Gasteiger partial charge in [0.15, 0.2) is 0 Å². The predicted molar refractivity (Wildman–Crippen MR) is 112 cm³/mol. The molecule has 2 N–H and O–H groups in total. The van der Waals surface area contributed by atoms with Gasteiger partial charge in [-0.2, -0.15) is 0 Å². The monoisotopic (exact) mass is 417 g/mol. The third-order valence-electron chi connectivity index (χ3n) is 6.63. The van der Waals surface area contributed by atoms with Crippen LogP contribution in [0.3, 0.4) is 0 Å². The fourth-order valence-electron chi connectivity index (χ4n) is 5.13. The molecule has 2 saturated heterocycles. The second-order valence-corrected chi connectivity index (χ2v) is 8.95. The summed E-state index contributed by atoms with van der Waals surface area (Å²) in [6.45, 7) is 2.60. The summed E-state index contributed by atoms with van der Waals surface area (Å²) in [6, 6.07) is 6.43. The zero-order valence-corrected chi connectivity index (χ0v) is 17.8. The van der Waals surface area contributed by atoms with Crippen molar-refractivity contribution < 1.29 is 14.0 Å². The average Bonchev–Trinajstić information content (AvgIpc) is 3.20. The maximum absolute atomic E-state index is 13.7. The van der Waals surface area contributed by atoms with Crippen molar-refractivity contribution in [3.63, 3.8) is 0 Å². The highest BCUT2D eigenvalue weighted by Crippen LogP contribution is 2.38. The van der Waals surface area contributed by atoms with Crippen LogP contribution in [-0.4, -0.2) is 78.5 Å². The summed E-state index contributed by atoms with van der Waals surface area (Å²) in [5, 5.41) is 5.18. The molecule has 3 fully saturated rings. The molecule has 30 heavy (non-hydrogen) atoms. The Hall–Kier alpha value is -2.03. The third kappa shape index (κ3) is 4.36. The molecular weight excluding hydrogens is 385 g/mol. The summed E-state index contributed by atoms with van der Waals surface area (Å²) < 4.78 is 13.7. The van der Waals surface area contributed by atoms with E-state index in [2.05, 4.69) is 15.8 Å². The zero-order valence-electron chi connectivity index (χ0n) is 17.8. The Morgan fingerprint density at radius 1 is 1.27 bits per heavy atom. The van der Waals surface area contributed by atoms with Crippen LogP contribution in [-0.2, 0) is 16.1 Å². The number of hydrogen-bond acceptors (Lipinski definition) is 5. The number of carbonyl (C=O) groups excluding carboxylic acids is 2. The summed E-state index contributed by atoms with van der Waals surface area (Å²) in [6.07, 6.45) is 3.12. The van der Waals surface area contributed by atoms with Crippen LogP contribution in [0.1, 0.15) is 31.2 Å². The van der Waals surface area contributed by atoms with Crippen LogP contribution in [0.15, 0.2) is 24.3 Å². The van der Waals surface area contributed by atoms with Crippen LogP contribution in [0, 0.1) is 11.7 Å². The molecule has 2 heterocycles. The molecule has 1 aliphatic carbocycles. The zero-order chi connectivity index (χ0) is 21.3. The van der Waals surface area contributed by atoms with Gasteiger partial charge in [0.05, 0.1) is 0 Å². The number of fused-ring (bicyclic) bond motifs is 3. The van der Waals surface area contributed by atoms with Crippen molar-refractivity contribution in [1.29, 1.82) is 0 Å². The number of carbonyl (C=O) groups is 2.